The molecule has 0 spiro atoms. The Morgan fingerprint density at radius 2 is 1.46 bits per heavy atom. The first-order chi connectivity index (χ1) is 16.6. The van der Waals surface area contributed by atoms with Crippen LogP contribution in [0.4, 0.5) is 0 Å². The van der Waals surface area contributed by atoms with E-state index in [9.17, 15) is 16.8 Å². The van der Waals surface area contributed by atoms with E-state index in [-0.39, 0.29) is 22.9 Å². The van der Waals surface area contributed by atoms with E-state index in [1.165, 1.54) is 59.6 Å². The van der Waals surface area contributed by atoms with Gasteiger partial charge in [-0.1, -0.05) is 0 Å². The maximum Gasteiger partial charge on any atom is 0.243 e. The Labute approximate surface area is 205 Å². The third-order valence-corrected chi connectivity index (χ3v) is 9.91. The summed E-state index contributed by atoms with van der Waals surface area (Å²) in [6.07, 6.45) is 2.85. The van der Waals surface area contributed by atoms with E-state index < -0.39 is 32.1 Å². The highest BCUT2D eigenvalue weighted by Gasteiger charge is 2.42. The van der Waals surface area contributed by atoms with Crippen molar-refractivity contribution in [2.24, 2.45) is 0 Å². The second-order valence-corrected chi connectivity index (χ2v) is 12.0. The van der Waals surface area contributed by atoms with E-state index >= 15 is 0 Å². The molecule has 1 aliphatic heterocycles. The number of hydrogen-bond donors (Lipinski definition) is 0. The molecule has 0 bridgehead atoms. The SMILES string of the molecule is COc1ccc(S(=O)(=O)N2[C@H](C)CN(S(=O)(=O)c3ccc(-c4cnco4)cc3)C[C@@H]2C)cc1OC. The van der Waals surface area contributed by atoms with Crippen LogP contribution in [0.15, 0.2) is 69.3 Å². The predicted octanol–water partition coefficient (Wildman–Crippen LogP) is 2.83. The van der Waals surface area contributed by atoms with Gasteiger partial charge in [0, 0.05) is 36.8 Å². The molecule has 12 heteroatoms. The molecule has 0 unspecified atom stereocenters. The van der Waals surface area contributed by atoms with Gasteiger partial charge < -0.3 is 13.9 Å². The highest BCUT2D eigenvalue weighted by molar-refractivity contribution is 7.89. The van der Waals surface area contributed by atoms with Gasteiger partial charge in [-0.2, -0.15) is 8.61 Å². The second-order valence-electron chi connectivity index (χ2n) is 8.26. The Morgan fingerprint density at radius 3 is 2.00 bits per heavy atom. The predicted molar refractivity (Wildman–Crippen MR) is 128 cm³/mol. The number of hydrogen-bond acceptors (Lipinski definition) is 8. The third kappa shape index (κ3) is 4.66. The number of ether oxygens (including phenoxy) is 2. The van der Waals surface area contributed by atoms with Crippen molar-refractivity contribution in [3.8, 4) is 22.8 Å². The van der Waals surface area contributed by atoms with Gasteiger partial charge in [-0.15, -0.1) is 0 Å². The van der Waals surface area contributed by atoms with Gasteiger partial charge >= 0.3 is 0 Å². The molecular weight excluding hydrogens is 494 g/mol. The monoisotopic (exact) mass is 521 g/mol. The summed E-state index contributed by atoms with van der Waals surface area (Å²) < 4.78 is 72.1. The number of nitrogens with zero attached hydrogens (tertiary/aromatic N) is 3. The standard InChI is InChI=1S/C23H27N3O7S2/c1-16-13-25(34(27,28)19-7-5-18(6-8-19)23-12-24-15-33-23)14-17(2)26(16)35(29,30)20-9-10-21(31-3)22(11-20)32-4/h5-12,15-17H,13-14H2,1-4H3/t16-,17+. The lowest BCUT2D eigenvalue weighted by molar-refractivity contribution is 0.159. The fraction of sp³-hybridized carbons (Fsp3) is 0.348. The molecule has 2 aromatic carbocycles. The maximum absolute atomic E-state index is 13.5. The molecule has 0 amide bonds. The zero-order valence-electron chi connectivity index (χ0n) is 19.8. The summed E-state index contributed by atoms with van der Waals surface area (Å²) in [4.78, 5) is 4.04. The van der Waals surface area contributed by atoms with Crippen molar-refractivity contribution in [2.75, 3.05) is 27.3 Å². The minimum Gasteiger partial charge on any atom is -0.493 e. The molecule has 4 rings (SSSR count). The van der Waals surface area contributed by atoms with Crippen molar-refractivity contribution in [3.63, 3.8) is 0 Å². The Morgan fingerprint density at radius 1 is 0.857 bits per heavy atom. The molecule has 0 radical (unpaired) electrons. The third-order valence-electron chi connectivity index (χ3n) is 5.94. The molecule has 1 aliphatic rings. The minimum atomic E-state index is -3.92. The lowest BCUT2D eigenvalue weighted by atomic mass is 10.2. The van der Waals surface area contributed by atoms with E-state index in [2.05, 4.69) is 4.98 Å². The number of rotatable bonds is 7. The molecular formula is C23H27N3O7S2. The van der Waals surface area contributed by atoms with Gasteiger partial charge in [0.25, 0.3) is 0 Å². The highest BCUT2D eigenvalue weighted by atomic mass is 32.2. The van der Waals surface area contributed by atoms with E-state index in [1.807, 2.05) is 0 Å². The Hall–Kier alpha value is -2.93. The van der Waals surface area contributed by atoms with Crippen LogP contribution in [0.25, 0.3) is 11.3 Å². The summed E-state index contributed by atoms with van der Waals surface area (Å²) in [7, 11) is -4.86. The second kappa shape index (κ2) is 9.61. The first-order valence-electron chi connectivity index (χ1n) is 10.8. The Bertz CT molecular complexity index is 1380. The van der Waals surface area contributed by atoms with Gasteiger partial charge in [0.1, 0.15) is 0 Å². The van der Waals surface area contributed by atoms with Crippen LogP contribution in [-0.2, 0) is 20.0 Å². The molecule has 2 atom stereocenters. The Balaban J connectivity index is 1.57. The maximum atomic E-state index is 13.5. The van der Waals surface area contributed by atoms with Crippen molar-refractivity contribution in [3.05, 3.63) is 55.1 Å². The fourth-order valence-electron chi connectivity index (χ4n) is 4.33. The molecule has 1 aromatic heterocycles. The lowest BCUT2D eigenvalue weighted by Crippen LogP contribution is -2.59. The summed E-state index contributed by atoms with van der Waals surface area (Å²) in [5, 5.41) is 0. The smallest absolute Gasteiger partial charge is 0.243 e. The largest absolute Gasteiger partial charge is 0.493 e. The van der Waals surface area contributed by atoms with Gasteiger partial charge in [0.2, 0.25) is 20.0 Å². The topological polar surface area (TPSA) is 119 Å². The van der Waals surface area contributed by atoms with E-state index in [4.69, 9.17) is 13.9 Å². The Kier molecular flexibility index (Phi) is 6.91. The number of aromatic nitrogens is 1. The molecule has 188 valence electrons. The summed E-state index contributed by atoms with van der Waals surface area (Å²) in [5.74, 6) is 1.24. The normalized spacial score (nSPS) is 20.0. The van der Waals surface area contributed by atoms with Crippen LogP contribution in [0.1, 0.15) is 13.8 Å². The van der Waals surface area contributed by atoms with Gasteiger partial charge in [0.15, 0.2) is 23.7 Å². The van der Waals surface area contributed by atoms with Gasteiger partial charge in [-0.3, -0.25) is 0 Å². The van der Waals surface area contributed by atoms with Gasteiger partial charge in [0.05, 0.1) is 30.2 Å². The van der Waals surface area contributed by atoms with Gasteiger partial charge in [-0.25, -0.2) is 21.8 Å². The number of sulfonamides is 2. The van der Waals surface area contributed by atoms with E-state index in [0.717, 1.165) is 0 Å². The quantitative estimate of drug-likeness (QED) is 0.466. The summed E-state index contributed by atoms with van der Waals surface area (Å²) in [6.45, 7) is 3.43. The first-order valence-corrected chi connectivity index (χ1v) is 13.7. The number of oxazole rings is 1. The molecule has 0 aliphatic carbocycles. The molecule has 0 N–H and O–H groups in total. The number of benzene rings is 2. The van der Waals surface area contributed by atoms with Crippen molar-refractivity contribution in [1.82, 2.24) is 13.6 Å². The molecule has 1 saturated heterocycles. The summed E-state index contributed by atoms with van der Waals surface area (Å²) in [6, 6.07) is 9.52. The first kappa shape index (κ1) is 25.2. The zero-order chi connectivity index (χ0) is 25.4. The molecule has 2 heterocycles. The van der Waals surface area contributed by atoms with E-state index in [0.29, 0.717) is 22.8 Å². The molecule has 1 fully saturated rings. The minimum absolute atomic E-state index is 0.0169. The van der Waals surface area contributed by atoms with Crippen LogP contribution in [-0.4, -0.2) is 69.8 Å². The van der Waals surface area contributed by atoms with Crippen molar-refractivity contribution < 1.29 is 30.7 Å². The van der Waals surface area contributed by atoms with Crippen molar-refractivity contribution >= 4 is 20.0 Å². The molecule has 3 aromatic rings. The summed E-state index contributed by atoms with van der Waals surface area (Å²) in [5.41, 5.74) is 0.703. The van der Waals surface area contributed by atoms with Crippen LogP contribution >= 0.6 is 0 Å². The van der Waals surface area contributed by atoms with Crippen LogP contribution in [0.3, 0.4) is 0 Å². The lowest BCUT2D eigenvalue weighted by Gasteiger charge is -2.42. The molecule has 35 heavy (non-hydrogen) atoms. The molecule has 0 saturated carbocycles. The van der Waals surface area contributed by atoms with Crippen LogP contribution in [0.2, 0.25) is 0 Å². The van der Waals surface area contributed by atoms with Crippen LogP contribution < -0.4 is 9.47 Å². The number of piperazine rings is 1. The number of methoxy groups -OCH3 is 2. The van der Waals surface area contributed by atoms with Gasteiger partial charge in [-0.05, 0) is 50.2 Å². The fourth-order valence-corrected chi connectivity index (χ4v) is 7.75. The van der Waals surface area contributed by atoms with Crippen LogP contribution in [0, 0.1) is 0 Å². The van der Waals surface area contributed by atoms with Crippen molar-refractivity contribution in [2.45, 2.75) is 35.7 Å². The average Bonchev–Trinajstić information content (AvgIpc) is 3.38. The highest BCUT2D eigenvalue weighted by Crippen LogP contribution is 2.34. The summed E-state index contributed by atoms with van der Waals surface area (Å²) >= 11 is 0. The average molecular weight is 522 g/mol. The molecule has 10 nitrogen and oxygen atoms in total. The van der Waals surface area contributed by atoms with Crippen molar-refractivity contribution in [1.29, 1.82) is 0 Å². The zero-order valence-corrected chi connectivity index (χ0v) is 21.4. The van der Waals surface area contributed by atoms with Crippen LogP contribution in [0.5, 0.6) is 11.5 Å². The van der Waals surface area contributed by atoms with E-state index in [1.54, 1.807) is 32.2 Å².